The van der Waals surface area contributed by atoms with Crippen molar-refractivity contribution < 1.29 is 9.53 Å². The van der Waals surface area contributed by atoms with Crippen LogP contribution in [0, 0.1) is 11.8 Å². The second kappa shape index (κ2) is 8.78. The number of hydrogen-bond donors (Lipinski definition) is 2. The van der Waals surface area contributed by atoms with Crippen molar-refractivity contribution in [1.82, 2.24) is 5.32 Å². The molecule has 1 unspecified atom stereocenters. The maximum Gasteiger partial charge on any atom is 0.407 e. The van der Waals surface area contributed by atoms with Crippen molar-refractivity contribution in [1.29, 1.82) is 0 Å². The lowest BCUT2D eigenvalue weighted by Crippen LogP contribution is -2.38. The number of amides is 1. The number of hydrogen-bond acceptors (Lipinski definition) is 3. The second-order valence-corrected chi connectivity index (χ2v) is 8.16. The molecule has 23 heavy (non-hydrogen) atoms. The van der Waals surface area contributed by atoms with Crippen molar-refractivity contribution in [2.75, 3.05) is 18.4 Å². The zero-order chi connectivity index (χ0) is 17.6. The average Bonchev–Trinajstić information content (AvgIpc) is 2.40. The fraction of sp³-hybridized carbons (Fsp3) is 0.588. The van der Waals surface area contributed by atoms with Crippen molar-refractivity contribution in [2.45, 2.75) is 40.2 Å². The summed E-state index contributed by atoms with van der Waals surface area (Å²) in [7, 11) is 0. The first-order valence-electron chi connectivity index (χ1n) is 7.74. The zero-order valence-corrected chi connectivity index (χ0v) is 16.7. The van der Waals surface area contributed by atoms with Gasteiger partial charge in [-0.25, -0.2) is 4.79 Å². The molecule has 1 atom stereocenters. The van der Waals surface area contributed by atoms with Gasteiger partial charge in [-0.05, 0) is 66.7 Å². The second-order valence-electron chi connectivity index (χ2n) is 6.90. The van der Waals surface area contributed by atoms with Crippen LogP contribution in [-0.4, -0.2) is 24.8 Å². The Balaban J connectivity index is 2.52. The summed E-state index contributed by atoms with van der Waals surface area (Å²) in [6, 6.07) is 5.73. The van der Waals surface area contributed by atoms with Gasteiger partial charge in [0, 0.05) is 23.2 Å². The summed E-state index contributed by atoms with van der Waals surface area (Å²) in [5.74, 6) is 0.713. The van der Waals surface area contributed by atoms with Gasteiger partial charge in [-0.15, -0.1) is 0 Å². The minimum atomic E-state index is -0.481. The minimum Gasteiger partial charge on any atom is -0.444 e. The van der Waals surface area contributed by atoms with E-state index in [2.05, 4.69) is 40.4 Å². The predicted octanol–water partition coefficient (Wildman–Crippen LogP) is 5.31. The molecule has 6 heteroatoms. The van der Waals surface area contributed by atoms with Crippen molar-refractivity contribution in [3.05, 3.63) is 27.7 Å². The topological polar surface area (TPSA) is 50.4 Å². The van der Waals surface area contributed by atoms with Crippen molar-refractivity contribution in [3.63, 3.8) is 0 Å². The molecular weight excluding hydrogens is 380 g/mol. The fourth-order valence-corrected chi connectivity index (χ4v) is 2.42. The van der Waals surface area contributed by atoms with Gasteiger partial charge < -0.3 is 15.4 Å². The van der Waals surface area contributed by atoms with E-state index in [4.69, 9.17) is 16.3 Å². The van der Waals surface area contributed by atoms with Crippen LogP contribution in [0.1, 0.15) is 34.6 Å². The molecule has 4 nitrogen and oxygen atoms in total. The molecule has 0 fully saturated rings. The molecule has 1 rings (SSSR count). The van der Waals surface area contributed by atoms with Crippen molar-refractivity contribution in [2.24, 2.45) is 11.8 Å². The summed E-state index contributed by atoms with van der Waals surface area (Å²) in [4.78, 5) is 11.8. The number of carbonyl (C=O) groups is 1. The third-order valence-corrected chi connectivity index (χ3v) is 4.55. The first-order valence-corrected chi connectivity index (χ1v) is 8.91. The SMILES string of the molecule is CC(C)C(CNC(=O)OC(C)(C)C)CNc1ccc(Cl)c(Br)c1. The maximum atomic E-state index is 11.8. The number of halogens is 2. The molecule has 0 aliphatic carbocycles. The molecule has 0 saturated heterocycles. The highest BCUT2D eigenvalue weighted by Crippen LogP contribution is 2.26. The Morgan fingerprint density at radius 3 is 2.48 bits per heavy atom. The third-order valence-electron chi connectivity index (χ3n) is 3.34. The van der Waals surface area contributed by atoms with E-state index in [1.54, 1.807) is 0 Å². The monoisotopic (exact) mass is 404 g/mol. The Morgan fingerprint density at radius 2 is 1.96 bits per heavy atom. The number of alkyl carbamates (subject to hydrolysis) is 1. The molecule has 0 aliphatic heterocycles. The summed E-state index contributed by atoms with van der Waals surface area (Å²) in [5.41, 5.74) is 0.509. The van der Waals surface area contributed by atoms with Gasteiger partial charge in [0.15, 0.2) is 0 Å². The number of nitrogens with one attached hydrogen (secondary N) is 2. The number of rotatable bonds is 6. The molecule has 1 aromatic rings. The van der Waals surface area contributed by atoms with E-state index >= 15 is 0 Å². The highest BCUT2D eigenvalue weighted by Gasteiger charge is 2.19. The van der Waals surface area contributed by atoms with Gasteiger partial charge in [0.2, 0.25) is 0 Å². The van der Waals surface area contributed by atoms with E-state index in [0.29, 0.717) is 17.5 Å². The lowest BCUT2D eigenvalue weighted by Gasteiger charge is -2.24. The molecular formula is C17H26BrClN2O2. The molecule has 1 aromatic carbocycles. The van der Waals surface area contributed by atoms with E-state index in [0.717, 1.165) is 16.7 Å². The van der Waals surface area contributed by atoms with Gasteiger partial charge in [-0.3, -0.25) is 0 Å². The predicted molar refractivity (Wildman–Crippen MR) is 100 cm³/mol. The largest absolute Gasteiger partial charge is 0.444 e. The summed E-state index contributed by atoms with van der Waals surface area (Å²) in [6.07, 6.45) is -0.377. The number of ether oxygens (including phenoxy) is 1. The van der Waals surface area contributed by atoms with E-state index < -0.39 is 5.60 Å². The summed E-state index contributed by atoms with van der Waals surface area (Å²) in [6.45, 7) is 11.2. The molecule has 0 heterocycles. The third kappa shape index (κ3) is 7.93. The molecule has 0 bridgehead atoms. The van der Waals surface area contributed by atoms with E-state index in [9.17, 15) is 4.79 Å². The quantitative estimate of drug-likeness (QED) is 0.674. The van der Waals surface area contributed by atoms with Crippen LogP contribution in [0.4, 0.5) is 10.5 Å². The van der Waals surface area contributed by atoms with E-state index in [-0.39, 0.29) is 12.0 Å². The van der Waals surface area contributed by atoms with Gasteiger partial charge in [0.25, 0.3) is 0 Å². The molecule has 0 saturated carbocycles. The van der Waals surface area contributed by atoms with Crippen LogP contribution in [0.25, 0.3) is 0 Å². The maximum absolute atomic E-state index is 11.8. The van der Waals surface area contributed by atoms with Gasteiger partial charge in [-0.1, -0.05) is 25.4 Å². The van der Waals surface area contributed by atoms with Crippen LogP contribution >= 0.6 is 27.5 Å². The van der Waals surface area contributed by atoms with E-state index in [1.165, 1.54) is 0 Å². The first-order chi connectivity index (χ1) is 10.6. The highest BCUT2D eigenvalue weighted by molar-refractivity contribution is 9.10. The lowest BCUT2D eigenvalue weighted by atomic mass is 9.95. The van der Waals surface area contributed by atoms with Crippen molar-refractivity contribution >= 4 is 39.3 Å². The van der Waals surface area contributed by atoms with E-state index in [1.807, 2.05) is 39.0 Å². The fourth-order valence-electron chi connectivity index (χ4n) is 1.93. The summed E-state index contributed by atoms with van der Waals surface area (Å²) < 4.78 is 6.13. The van der Waals surface area contributed by atoms with Gasteiger partial charge in [0.1, 0.15) is 5.60 Å². The molecule has 0 spiro atoms. The smallest absolute Gasteiger partial charge is 0.407 e. The Bertz CT molecular complexity index is 530. The Labute approximate surface area is 152 Å². The van der Waals surface area contributed by atoms with Crippen LogP contribution in [0.3, 0.4) is 0 Å². The van der Waals surface area contributed by atoms with Gasteiger partial charge in [-0.2, -0.15) is 0 Å². The first kappa shape index (κ1) is 20.1. The normalized spacial score (nSPS) is 12.9. The van der Waals surface area contributed by atoms with Crippen LogP contribution in [0.15, 0.2) is 22.7 Å². The summed E-state index contributed by atoms with van der Waals surface area (Å²) in [5, 5.41) is 6.91. The highest BCUT2D eigenvalue weighted by atomic mass is 79.9. The van der Waals surface area contributed by atoms with Gasteiger partial charge >= 0.3 is 6.09 Å². The van der Waals surface area contributed by atoms with Crippen LogP contribution in [0.2, 0.25) is 5.02 Å². The minimum absolute atomic E-state index is 0.289. The number of carbonyl (C=O) groups excluding carboxylic acids is 1. The molecule has 1 amide bonds. The standard InChI is InChI=1S/C17H26BrClN2O2/c1-11(2)12(10-21-16(22)23-17(3,4)5)9-20-13-6-7-15(19)14(18)8-13/h6-8,11-12,20H,9-10H2,1-5H3,(H,21,22). The molecule has 130 valence electrons. The summed E-state index contributed by atoms with van der Waals surface area (Å²) >= 11 is 9.41. The molecule has 0 aliphatic rings. The number of benzene rings is 1. The van der Waals surface area contributed by atoms with Crippen LogP contribution < -0.4 is 10.6 Å². The van der Waals surface area contributed by atoms with Crippen molar-refractivity contribution in [3.8, 4) is 0 Å². The van der Waals surface area contributed by atoms with Gasteiger partial charge in [0.05, 0.1) is 5.02 Å². The molecule has 2 N–H and O–H groups in total. The van der Waals surface area contributed by atoms with Crippen LogP contribution in [0.5, 0.6) is 0 Å². The zero-order valence-electron chi connectivity index (χ0n) is 14.4. The average molecular weight is 406 g/mol. The van der Waals surface area contributed by atoms with Crippen LogP contribution in [-0.2, 0) is 4.74 Å². The Morgan fingerprint density at radius 1 is 1.30 bits per heavy atom. The number of anilines is 1. The Kier molecular flexibility index (Phi) is 7.68. The Hall–Kier alpha value is -0.940. The lowest BCUT2D eigenvalue weighted by molar-refractivity contribution is 0.0516. The molecule has 0 aromatic heterocycles. The molecule has 0 radical (unpaired) electrons.